The molecule has 0 N–H and O–H groups in total. The van der Waals surface area contributed by atoms with Crippen molar-refractivity contribution in [2.75, 3.05) is 26.2 Å². The van der Waals surface area contributed by atoms with Gasteiger partial charge in [-0.15, -0.1) is 0 Å². The predicted molar refractivity (Wildman–Crippen MR) is 92.7 cm³/mol. The monoisotopic (exact) mass is 341 g/mol. The van der Waals surface area contributed by atoms with Gasteiger partial charge in [-0.3, -0.25) is 19.8 Å². The Morgan fingerprint density at radius 3 is 2.68 bits per heavy atom. The second kappa shape index (κ2) is 7.76. The van der Waals surface area contributed by atoms with Crippen LogP contribution in [-0.2, 0) is 11.3 Å². The number of hydrogen-bond acceptors (Lipinski definition) is 5. The van der Waals surface area contributed by atoms with E-state index in [4.69, 9.17) is 4.42 Å². The van der Waals surface area contributed by atoms with E-state index in [1.54, 1.807) is 29.4 Å². The number of nitrogens with zero attached hydrogens (tertiary/aromatic N) is 3. The van der Waals surface area contributed by atoms with Crippen molar-refractivity contribution >= 4 is 17.7 Å². The molecule has 0 unspecified atom stereocenters. The van der Waals surface area contributed by atoms with Crippen molar-refractivity contribution in [1.29, 1.82) is 0 Å². The number of benzene rings is 1. The molecule has 3 rings (SSSR count). The van der Waals surface area contributed by atoms with Crippen LogP contribution in [0.2, 0.25) is 0 Å². The molecule has 0 saturated carbocycles. The van der Waals surface area contributed by atoms with Gasteiger partial charge in [-0.25, -0.2) is 0 Å². The first-order chi connectivity index (χ1) is 12.1. The first-order valence-electron chi connectivity index (χ1n) is 8.08. The smallest absolute Gasteiger partial charge is 0.270 e. The van der Waals surface area contributed by atoms with Crippen molar-refractivity contribution < 1.29 is 14.1 Å². The third kappa shape index (κ3) is 4.54. The highest BCUT2D eigenvalue weighted by Gasteiger charge is 2.20. The number of furan rings is 1. The van der Waals surface area contributed by atoms with Gasteiger partial charge in [-0.05, 0) is 23.8 Å². The van der Waals surface area contributed by atoms with Gasteiger partial charge in [0.05, 0.1) is 17.7 Å². The van der Waals surface area contributed by atoms with Crippen LogP contribution < -0.4 is 0 Å². The highest BCUT2D eigenvalue weighted by molar-refractivity contribution is 5.91. The molecule has 1 amide bonds. The molecule has 1 saturated heterocycles. The normalized spacial score (nSPS) is 15.6. The van der Waals surface area contributed by atoms with E-state index >= 15 is 0 Å². The highest BCUT2D eigenvalue weighted by atomic mass is 16.6. The summed E-state index contributed by atoms with van der Waals surface area (Å²) in [5, 5.41) is 10.8. The average molecular weight is 341 g/mol. The van der Waals surface area contributed by atoms with Crippen LogP contribution in [0.5, 0.6) is 0 Å². The fraction of sp³-hybridized carbons (Fsp3) is 0.278. The van der Waals surface area contributed by atoms with Gasteiger partial charge in [0, 0.05) is 44.4 Å². The topological polar surface area (TPSA) is 79.8 Å². The molecular weight excluding hydrogens is 322 g/mol. The summed E-state index contributed by atoms with van der Waals surface area (Å²) >= 11 is 0. The molecule has 2 heterocycles. The minimum atomic E-state index is -0.447. The van der Waals surface area contributed by atoms with Crippen molar-refractivity contribution in [3.05, 3.63) is 70.2 Å². The lowest BCUT2D eigenvalue weighted by Gasteiger charge is -2.33. The van der Waals surface area contributed by atoms with Gasteiger partial charge in [-0.1, -0.05) is 12.1 Å². The number of hydrogen-bond donors (Lipinski definition) is 0. The largest absolute Gasteiger partial charge is 0.468 e. The minimum Gasteiger partial charge on any atom is -0.468 e. The number of piperazine rings is 1. The lowest BCUT2D eigenvalue weighted by atomic mass is 10.2. The first kappa shape index (κ1) is 16.9. The molecule has 25 heavy (non-hydrogen) atoms. The summed E-state index contributed by atoms with van der Waals surface area (Å²) in [6.45, 7) is 3.63. The lowest BCUT2D eigenvalue weighted by molar-refractivity contribution is -0.384. The van der Waals surface area contributed by atoms with Crippen molar-refractivity contribution in [3.8, 4) is 0 Å². The van der Waals surface area contributed by atoms with Gasteiger partial charge in [-0.2, -0.15) is 0 Å². The first-order valence-corrected chi connectivity index (χ1v) is 8.08. The fourth-order valence-electron chi connectivity index (χ4n) is 2.76. The van der Waals surface area contributed by atoms with Crippen molar-refractivity contribution in [3.63, 3.8) is 0 Å². The molecule has 2 aromatic rings. The molecule has 0 aliphatic carbocycles. The Labute approximate surface area is 145 Å². The third-order valence-corrected chi connectivity index (χ3v) is 4.14. The Hall–Kier alpha value is -2.93. The Balaban J connectivity index is 1.52. The summed E-state index contributed by atoms with van der Waals surface area (Å²) in [4.78, 5) is 26.6. The Kier molecular flexibility index (Phi) is 5.25. The van der Waals surface area contributed by atoms with E-state index in [0.717, 1.165) is 25.4 Å². The second-order valence-electron chi connectivity index (χ2n) is 5.87. The standard InChI is InChI=1S/C18H19N3O4/c22-18(7-6-15-3-1-4-16(13-15)21(23)24)20-10-8-19(9-11-20)14-17-5-2-12-25-17/h1-7,12-13H,8-11,14H2/b7-6+. The quantitative estimate of drug-likeness (QED) is 0.474. The van der Waals surface area contributed by atoms with Crippen LogP contribution in [0, 0.1) is 10.1 Å². The molecule has 1 aromatic heterocycles. The van der Waals surface area contributed by atoms with Crippen LogP contribution >= 0.6 is 0 Å². The van der Waals surface area contributed by atoms with Crippen LogP contribution in [0.1, 0.15) is 11.3 Å². The summed E-state index contributed by atoms with van der Waals surface area (Å²) in [5.41, 5.74) is 0.653. The van der Waals surface area contributed by atoms with Gasteiger partial charge >= 0.3 is 0 Å². The van der Waals surface area contributed by atoms with Gasteiger partial charge in [0.1, 0.15) is 5.76 Å². The van der Waals surface area contributed by atoms with E-state index in [1.807, 2.05) is 12.1 Å². The van der Waals surface area contributed by atoms with Crippen molar-refractivity contribution in [1.82, 2.24) is 9.80 Å². The zero-order chi connectivity index (χ0) is 17.6. The van der Waals surface area contributed by atoms with Crippen LogP contribution in [0.3, 0.4) is 0 Å². The average Bonchev–Trinajstić information content (AvgIpc) is 3.13. The number of carbonyl (C=O) groups excluding carboxylic acids is 1. The second-order valence-corrected chi connectivity index (χ2v) is 5.87. The maximum absolute atomic E-state index is 12.3. The van der Waals surface area contributed by atoms with Crippen molar-refractivity contribution in [2.45, 2.75) is 6.54 Å². The molecular formula is C18H19N3O4. The number of non-ortho nitro benzene ring substituents is 1. The molecule has 130 valence electrons. The predicted octanol–water partition coefficient (Wildman–Crippen LogP) is 2.55. The lowest BCUT2D eigenvalue weighted by Crippen LogP contribution is -2.47. The molecule has 0 atom stereocenters. The fourth-order valence-corrected chi connectivity index (χ4v) is 2.76. The van der Waals surface area contributed by atoms with Crippen molar-refractivity contribution in [2.24, 2.45) is 0 Å². The van der Waals surface area contributed by atoms with Gasteiger partial charge in [0.15, 0.2) is 0 Å². The summed E-state index contributed by atoms with van der Waals surface area (Å²) in [6.07, 6.45) is 4.75. The Morgan fingerprint density at radius 2 is 2.00 bits per heavy atom. The molecule has 7 heteroatoms. The molecule has 0 bridgehead atoms. The molecule has 1 aliphatic heterocycles. The summed E-state index contributed by atoms with van der Waals surface area (Å²) in [6, 6.07) is 10.0. The Bertz CT molecular complexity index is 762. The van der Waals surface area contributed by atoms with Gasteiger partial charge in [0.25, 0.3) is 5.69 Å². The number of nitro benzene ring substituents is 1. The molecule has 7 nitrogen and oxygen atoms in total. The maximum Gasteiger partial charge on any atom is 0.270 e. The SMILES string of the molecule is O=C(/C=C/c1cccc([N+](=O)[O-])c1)N1CCN(Cc2ccco2)CC1. The molecule has 0 radical (unpaired) electrons. The maximum atomic E-state index is 12.3. The number of nitro groups is 1. The highest BCUT2D eigenvalue weighted by Crippen LogP contribution is 2.15. The number of carbonyl (C=O) groups is 1. The zero-order valence-electron chi connectivity index (χ0n) is 13.7. The molecule has 1 aliphatic rings. The summed E-state index contributed by atoms with van der Waals surface area (Å²) < 4.78 is 5.34. The van der Waals surface area contributed by atoms with E-state index in [1.165, 1.54) is 18.2 Å². The Morgan fingerprint density at radius 1 is 1.20 bits per heavy atom. The molecule has 1 aromatic carbocycles. The van der Waals surface area contributed by atoms with E-state index in [-0.39, 0.29) is 11.6 Å². The van der Waals surface area contributed by atoms with Gasteiger partial charge in [0.2, 0.25) is 5.91 Å². The van der Waals surface area contributed by atoms with E-state index in [2.05, 4.69) is 4.90 Å². The molecule has 0 spiro atoms. The number of rotatable bonds is 5. The molecule has 1 fully saturated rings. The zero-order valence-corrected chi connectivity index (χ0v) is 13.7. The summed E-state index contributed by atoms with van der Waals surface area (Å²) in [7, 11) is 0. The minimum absolute atomic E-state index is 0.0149. The van der Waals surface area contributed by atoms with E-state index in [0.29, 0.717) is 18.7 Å². The third-order valence-electron chi connectivity index (χ3n) is 4.14. The summed E-state index contributed by atoms with van der Waals surface area (Å²) in [5.74, 6) is 0.842. The number of amides is 1. The van der Waals surface area contributed by atoms with Gasteiger partial charge < -0.3 is 9.32 Å². The van der Waals surface area contributed by atoms with Crippen LogP contribution in [-0.4, -0.2) is 46.8 Å². The van der Waals surface area contributed by atoms with E-state index < -0.39 is 4.92 Å². The van der Waals surface area contributed by atoms with Crippen LogP contribution in [0.25, 0.3) is 6.08 Å². The van der Waals surface area contributed by atoms with Crippen LogP contribution in [0.15, 0.2) is 53.2 Å². The van der Waals surface area contributed by atoms with E-state index in [9.17, 15) is 14.9 Å². The van der Waals surface area contributed by atoms with Crippen LogP contribution in [0.4, 0.5) is 5.69 Å².